The Morgan fingerprint density at radius 1 is 1.35 bits per heavy atom. The molecular formula is C13H17FN4O2. The lowest BCUT2D eigenvalue weighted by Crippen LogP contribution is -2.46. The van der Waals surface area contributed by atoms with E-state index in [0.29, 0.717) is 0 Å². The molecule has 1 aliphatic heterocycles. The van der Waals surface area contributed by atoms with Crippen LogP contribution in [0.1, 0.15) is 10.4 Å². The second-order valence-electron chi connectivity index (χ2n) is 4.63. The largest absolute Gasteiger partial charge is 0.366 e. The summed E-state index contributed by atoms with van der Waals surface area (Å²) in [7, 11) is 0. The van der Waals surface area contributed by atoms with Crippen molar-refractivity contribution in [1.29, 1.82) is 0 Å². The van der Waals surface area contributed by atoms with Crippen molar-refractivity contribution >= 4 is 17.5 Å². The molecule has 1 fully saturated rings. The second-order valence-corrected chi connectivity index (χ2v) is 4.63. The third kappa shape index (κ3) is 3.75. The topological polar surface area (TPSA) is 87.5 Å². The van der Waals surface area contributed by atoms with Crippen molar-refractivity contribution < 1.29 is 14.0 Å². The van der Waals surface area contributed by atoms with Gasteiger partial charge in [0.05, 0.1) is 12.2 Å². The van der Waals surface area contributed by atoms with E-state index >= 15 is 0 Å². The Balaban J connectivity index is 1.99. The van der Waals surface area contributed by atoms with Crippen LogP contribution in [-0.2, 0) is 4.79 Å². The maximum atomic E-state index is 13.6. The van der Waals surface area contributed by atoms with Crippen LogP contribution in [0.5, 0.6) is 0 Å². The number of nitrogens with two attached hydrogens (primary N) is 1. The van der Waals surface area contributed by atoms with Gasteiger partial charge in [0.2, 0.25) is 11.8 Å². The highest BCUT2D eigenvalue weighted by Gasteiger charge is 2.15. The summed E-state index contributed by atoms with van der Waals surface area (Å²) in [5.41, 5.74) is 5.25. The molecule has 108 valence electrons. The van der Waals surface area contributed by atoms with Crippen LogP contribution in [0.4, 0.5) is 10.1 Å². The highest BCUT2D eigenvalue weighted by molar-refractivity contribution is 5.96. The van der Waals surface area contributed by atoms with Crippen molar-refractivity contribution in [3.05, 3.63) is 29.6 Å². The summed E-state index contributed by atoms with van der Waals surface area (Å²) in [6.45, 7) is 3.41. The fourth-order valence-corrected chi connectivity index (χ4v) is 2.04. The normalized spacial score (nSPS) is 15.8. The number of benzene rings is 1. The molecule has 1 aromatic rings. The van der Waals surface area contributed by atoms with E-state index in [2.05, 4.69) is 10.6 Å². The Morgan fingerprint density at radius 2 is 2.05 bits per heavy atom. The van der Waals surface area contributed by atoms with Gasteiger partial charge in [0.25, 0.3) is 0 Å². The van der Waals surface area contributed by atoms with E-state index in [1.165, 1.54) is 12.1 Å². The lowest BCUT2D eigenvalue weighted by Gasteiger charge is -2.26. The molecule has 0 spiro atoms. The van der Waals surface area contributed by atoms with E-state index in [9.17, 15) is 14.0 Å². The number of halogens is 1. The van der Waals surface area contributed by atoms with Crippen molar-refractivity contribution in [2.45, 2.75) is 0 Å². The zero-order chi connectivity index (χ0) is 14.5. The number of nitrogens with one attached hydrogen (secondary N) is 2. The predicted molar refractivity (Wildman–Crippen MR) is 72.9 cm³/mol. The van der Waals surface area contributed by atoms with Gasteiger partial charge >= 0.3 is 0 Å². The molecule has 2 amide bonds. The van der Waals surface area contributed by atoms with E-state index in [4.69, 9.17) is 5.73 Å². The van der Waals surface area contributed by atoms with Crippen LogP contribution in [0, 0.1) is 5.82 Å². The molecule has 0 unspecified atom stereocenters. The maximum absolute atomic E-state index is 13.6. The van der Waals surface area contributed by atoms with Gasteiger partial charge in [0.1, 0.15) is 5.82 Å². The molecule has 7 heteroatoms. The zero-order valence-electron chi connectivity index (χ0n) is 11.0. The fourth-order valence-electron chi connectivity index (χ4n) is 2.04. The van der Waals surface area contributed by atoms with Gasteiger partial charge in [-0.1, -0.05) is 0 Å². The van der Waals surface area contributed by atoms with Gasteiger partial charge in [-0.25, -0.2) is 4.39 Å². The molecule has 1 aliphatic rings. The lowest BCUT2D eigenvalue weighted by molar-refractivity contribution is -0.117. The van der Waals surface area contributed by atoms with E-state index < -0.39 is 11.7 Å². The summed E-state index contributed by atoms with van der Waals surface area (Å²) in [5, 5.41) is 5.65. The van der Waals surface area contributed by atoms with Crippen LogP contribution in [0.15, 0.2) is 18.2 Å². The Hall–Kier alpha value is -1.99. The van der Waals surface area contributed by atoms with Crippen LogP contribution in [0.3, 0.4) is 0 Å². The number of rotatable bonds is 4. The van der Waals surface area contributed by atoms with Crippen LogP contribution in [-0.4, -0.2) is 49.4 Å². The molecule has 0 bridgehead atoms. The molecule has 0 radical (unpaired) electrons. The molecule has 1 aromatic carbocycles. The molecule has 0 aliphatic carbocycles. The SMILES string of the molecule is NC(=O)c1ccc(F)c(NC(=O)CN2CCNCC2)c1. The number of carbonyl (C=O) groups excluding carboxylic acids is 2. The standard InChI is InChI=1S/C13H17FN4O2/c14-10-2-1-9(13(15)20)7-11(10)17-12(19)8-18-5-3-16-4-6-18/h1-2,7,16H,3-6,8H2,(H2,15,20)(H,17,19). The third-order valence-corrected chi connectivity index (χ3v) is 3.10. The Morgan fingerprint density at radius 3 is 2.70 bits per heavy atom. The van der Waals surface area contributed by atoms with Gasteiger partial charge in [-0.15, -0.1) is 0 Å². The van der Waals surface area contributed by atoms with Crippen LogP contribution >= 0.6 is 0 Å². The number of primary amides is 1. The van der Waals surface area contributed by atoms with E-state index in [1.807, 2.05) is 4.90 Å². The number of carbonyl (C=O) groups is 2. The second kappa shape index (κ2) is 6.44. The summed E-state index contributed by atoms with van der Waals surface area (Å²) in [6.07, 6.45) is 0. The van der Waals surface area contributed by atoms with Gasteiger partial charge in [-0.05, 0) is 18.2 Å². The molecule has 1 saturated heterocycles. The average Bonchev–Trinajstić information content (AvgIpc) is 2.42. The molecule has 4 N–H and O–H groups in total. The molecule has 0 saturated carbocycles. The number of nitrogens with zero attached hydrogens (tertiary/aromatic N) is 1. The van der Waals surface area contributed by atoms with Gasteiger partial charge in [-0.2, -0.15) is 0 Å². The van der Waals surface area contributed by atoms with E-state index in [-0.39, 0.29) is 23.7 Å². The van der Waals surface area contributed by atoms with Gasteiger partial charge in [0, 0.05) is 31.7 Å². The zero-order valence-corrected chi connectivity index (χ0v) is 11.0. The van der Waals surface area contributed by atoms with Crippen molar-refractivity contribution in [1.82, 2.24) is 10.2 Å². The number of amides is 2. The monoisotopic (exact) mass is 280 g/mol. The van der Waals surface area contributed by atoms with Crippen molar-refractivity contribution in [3.63, 3.8) is 0 Å². The minimum Gasteiger partial charge on any atom is -0.366 e. The first kappa shape index (κ1) is 14.4. The molecule has 0 atom stereocenters. The number of hydrogen-bond acceptors (Lipinski definition) is 4. The molecule has 6 nitrogen and oxygen atoms in total. The third-order valence-electron chi connectivity index (χ3n) is 3.10. The molecule has 20 heavy (non-hydrogen) atoms. The first-order valence-corrected chi connectivity index (χ1v) is 6.38. The quantitative estimate of drug-likeness (QED) is 0.711. The summed E-state index contributed by atoms with van der Waals surface area (Å²) in [5.74, 6) is -1.57. The highest BCUT2D eigenvalue weighted by Crippen LogP contribution is 2.16. The first-order chi connectivity index (χ1) is 9.56. The highest BCUT2D eigenvalue weighted by atomic mass is 19.1. The average molecular weight is 280 g/mol. The Kier molecular flexibility index (Phi) is 4.65. The molecular weight excluding hydrogens is 263 g/mol. The van der Waals surface area contributed by atoms with E-state index in [1.54, 1.807) is 0 Å². The number of piperazine rings is 1. The summed E-state index contributed by atoms with van der Waals surface area (Å²) in [4.78, 5) is 24.9. The summed E-state index contributed by atoms with van der Waals surface area (Å²) >= 11 is 0. The minimum atomic E-state index is -0.664. The van der Waals surface area contributed by atoms with Crippen molar-refractivity contribution in [2.24, 2.45) is 5.73 Å². The van der Waals surface area contributed by atoms with E-state index in [0.717, 1.165) is 32.2 Å². The minimum absolute atomic E-state index is 0.0264. The predicted octanol–water partition coefficient (Wildman–Crippen LogP) is -0.232. The number of hydrogen-bond donors (Lipinski definition) is 3. The van der Waals surface area contributed by atoms with Crippen LogP contribution in [0.2, 0.25) is 0 Å². The van der Waals surface area contributed by atoms with Gasteiger partial charge in [-0.3, -0.25) is 14.5 Å². The van der Waals surface area contributed by atoms with Gasteiger partial charge < -0.3 is 16.4 Å². The smallest absolute Gasteiger partial charge is 0.248 e. The van der Waals surface area contributed by atoms with Crippen molar-refractivity contribution in [2.75, 3.05) is 38.0 Å². The van der Waals surface area contributed by atoms with Crippen molar-refractivity contribution in [3.8, 4) is 0 Å². The van der Waals surface area contributed by atoms with Crippen LogP contribution < -0.4 is 16.4 Å². The maximum Gasteiger partial charge on any atom is 0.248 e. The van der Waals surface area contributed by atoms with Gasteiger partial charge in [0.15, 0.2) is 0 Å². The Bertz CT molecular complexity index is 515. The number of anilines is 1. The lowest BCUT2D eigenvalue weighted by atomic mass is 10.2. The summed E-state index contributed by atoms with van der Waals surface area (Å²) < 4.78 is 13.6. The molecule has 1 heterocycles. The first-order valence-electron chi connectivity index (χ1n) is 6.38. The molecule has 0 aromatic heterocycles. The fraction of sp³-hybridized carbons (Fsp3) is 0.385. The Labute approximate surface area is 116 Å². The molecule has 2 rings (SSSR count). The summed E-state index contributed by atoms with van der Waals surface area (Å²) in [6, 6.07) is 3.64. The van der Waals surface area contributed by atoms with Crippen LogP contribution in [0.25, 0.3) is 0 Å².